The van der Waals surface area contributed by atoms with Crippen LogP contribution in [0.3, 0.4) is 0 Å². The van der Waals surface area contributed by atoms with E-state index in [0.29, 0.717) is 6.61 Å². The Balaban J connectivity index is 2.23. The molecule has 0 aromatic heterocycles. The van der Waals surface area contributed by atoms with Crippen LogP contribution in [0.1, 0.15) is 6.92 Å². The van der Waals surface area contributed by atoms with Crippen LogP contribution in [0.2, 0.25) is 0 Å². The van der Waals surface area contributed by atoms with Gasteiger partial charge in [-0.05, 0) is 5.53 Å². The zero-order valence-corrected chi connectivity index (χ0v) is 8.16. The third kappa shape index (κ3) is 1.36. The van der Waals surface area contributed by atoms with E-state index >= 15 is 0 Å². The summed E-state index contributed by atoms with van der Waals surface area (Å²) in [6.07, 6.45) is -0.482. The lowest BCUT2D eigenvalue weighted by atomic mass is 9.91. The lowest BCUT2D eigenvalue weighted by Gasteiger charge is -2.36. The van der Waals surface area contributed by atoms with Crippen molar-refractivity contribution in [2.75, 3.05) is 13.7 Å². The van der Waals surface area contributed by atoms with Gasteiger partial charge in [0.25, 0.3) is 0 Å². The number of fused-ring (bicyclic) bond motifs is 2. The van der Waals surface area contributed by atoms with Gasteiger partial charge in [-0.1, -0.05) is 12.0 Å². The molecule has 0 saturated carbocycles. The predicted molar refractivity (Wildman–Crippen MR) is 47.5 cm³/mol. The summed E-state index contributed by atoms with van der Waals surface area (Å²) in [5.41, 5.74) is 8.44. The number of hydrogen-bond acceptors (Lipinski definition) is 4. The van der Waals surface area contributed by atoms with Crippen LogP contribution in [-0.2, 0) is 14.2 Å². The number of nitrogens with zero attached hydrogens (tertiary/aromatic N) is 3. The Morgan fingerprint density at radius 1 is 1.57 bits per heavy atom. The Bertz CT molecular complexity index is 267. The van der Waals surface area contributed by atoms with Crippen molar-refractivity contribution in [3.8, 4) is 0 Å². The summed E-state index contributed by atoms with van der Waals surface area (Å²) in [4.78, 5) is 2.79. The first-order valence-corrected chi connectivity index (χ1v) is 4.62. The topological polar surface area (TPSA) is 76.5 Å². The number of azide groups is 1. The van der Waals surface area contributed by atoms with E-state index in [4.69, 9.17) is 19.7 Å². The molecule has 5 atom stereocenters. The molecule has 2 heterocycles. The van der Waals surface area contributed by atoms with Gasteiger partial charge in [-0.15, -0.1) is 0 Å². The van der Waals surface area contributed by atoms with Gasteiger partial charge in [-0.3, -0.25) is 0 Å². The first kappa shape index (κ1) is 9.73. The summed E-state index contributed by atoms with van der Waals surface area (Å²) in [5.74, 6) is 0.189. The minimum absolute atomic E-state index is 0.0649. The molecule has 0 N–H and O–H groups in total. The smallest absolute Gasteiger partial charge is 0.169 e. The minimum atomic E-state index is -0.433. The fraction of sp³-hybridized carbons (Fsp3) is 1.00. The fourth-order valence-corrected chi connectivity index (χ4v) is 2.11. The van der Waals surface area contributed by atoms with Gasteiger partial charge in [-0.2, -0.15) is 0 Å². The molecule has 78 valence electrons. The molecule has 2 aliphatic rings. The molecule has 6 heteroatoms. The molecule has 0 spiro atoms. The van der Waals surface area contributed by atoms with Gasteiger partial charge in [-0.25, -0.2) is 0 Å². The summed E-state index contributed by atoms with van der Waals surface area (Å²) in [5, 5.41) is 3.67. The second kappa shape index (κ2) is 3.74. The number of ether oxygens (including phenoxy) is 3. The molecule has 2 saturated heterocycles. The molecule has 2 rings (SSSR count). The standard InChI is InChI=1S/C8H13N3O3/c1-4-5-3-13-8(14-5)6(10-11-9)7(4)12-2/h4-8H,3H2,1-2H3/t4-,5?,6?,7+,8-/m0/s1. The second-order valence-electron chi connectivity index (χ2n) is 3.63. The third-order valence-electron chi connectivity index (χ3n) is 2.91. The van der Waals surface area contributed by atoms with Crippen LogP contribution in [0, 0.1) is 5.92 Å². The van der Waals surface area contributed by atoms with Gasteiger partial charge < -0.3 is 14.2 Å². The van der Waals surface area contributed by atoms with Gasteiger partial charge >= 0.3 is 0 Å². The Morgan fingerprint density at radius 3 is 3.00 bits per heavy atom. The molecule has 2 unspecified atom stereocenters. The molecule has 14 heavy (non-hydrogen) atoms. The van der Waals surface area contributed by atoms with Gasteiger partial charge in [0.15, 0.2) is 6.29 Å². The monoisotopic (exact) mass is 199 g/mol. The number of rotatable bonds is 2. The highest BCUT2D eigenvalue weighted by atomic mass is 16.7. The Morgan fingerprint density at radius 2 is 2.36 bits per heavy atom. The molecule has 0 amide bonds. The van der Waals surface area contributed by atoms with E-state index < -0.39 is 6.29 Å². The maximum Gasteiger partial charge on any atom is 0.169 e. The normalized spacial score (nSPS) is 46.0. The van der Waals surface area contributed by atoms with E-state index in [1.807, 2.05) is 6.92 Å². The Labute approximate surface area is 81.8 Å². The molecule has 0 aromatic rings. The summed E-state index contributed by atoms with van der Waals surface area (Å²) >= 11 is 0. The molecule has 0 aliphatic carbocycles. The van der Waals surface area contributed by atoms with Crippen LogP contribution in [0.5, 0.6) is 0 Å². The summed E-state index contributed by atoms with van der Waals surface area (Å²) in [7, 11) is 1.62. The molecular formula is C8H13N3O3. The SMILES string of the molecule is CO[C@H]1C(N=[N+]=[N-])[C@H]2OCC(O2)[C@@H]1C. The zero-order chi connectivity index (χ0) is 10.1. The van der Waals surface area contributed by atoms with Gasteiger partial charge in [0.2, 0.25) is 0 Å². The van der Waals surface area contributed by atoms with E-state index in [9.17, 15) is 0 Å². The highest BCUT2D eigenvalue weighted by molar-refractivity contribution is 4.95. The van der Waals surface area contributed by atoms with Gasteiger partial charge in [0.05, 0.1) is 18.8 Å². The van der Waals surface area contributed by atoms with Gasteiger partial charge in [0, 0.05) is 17.9 Å². The van der Waals surface area contributed by atoms with Crippen molar-refractivity contribution in [3.05, 3.63) is 10.4 Å². The predicted octanol–water partition coefficient (Wildman–Crippen LogP) is 1.07. The van der Waals surface area contributed by atoms with Gasteiger partial charge in [0.1, 0.15) is 6.04 Å². The summed E-state index contributed by atoms with van der Waals surface area (Å²) in [6.45, 7) is 2.58. The van der Waals surface area contributed by atoms with Crippen molar-refractivity contribution in [2.45, 2.75) is 31.5 Å². The van der Waals surface area contributed by atoms with Crippen LogP contribution >= 0.6 is 0 Å². The summed E-state index contributed by atoms with van der Waals surface area (Å²) < 4.78 is 16.2. The fourth-order valence-electron chi connectivity index (χ4n) is 2.11. The maximum absolute atomic E-state index is 8.44. The second-order valence-corrected chi connectivity index (χ2v) is 3.63. The van der Waals surface area contributed by atoms with Crippen molar-refractivity contribution in [1.82, 2.24) is 0 Å². The first-order valence-electron chi connectivity index (χ1n) is 4.62. The zero-order valence-electron chi connectivity index (χ0n) is 8.16. The van der Waals surface area contributed by atoms with E-state index in [1.54, 1.807) is 7.11 Å². The van der Waals surface area contributed by atoms with Crippen molar-refractivity contribution in [2.24, 2.45) is 11.0 Å². The van der Waals surface area contributed by atoms with E-state index in [-0.39, 0.29) is 24.2 Å². The van der Waals surface area contributed by atoms with Crippen LogP contribution in [-0.4, -0.2) is 38.3 Å². The van der Waals surface area contributed by atoms with Crippen LogP contribution in [0.4, 0.5) is 0 Å². The first-order chi connectivity index (χ1) is 6.77. The average Bonchev–Trinajstić information content (AvgIpc) is 2.61. The van der Waals surface area contributed by atoms with Crippen LogP contribution < -0.4 is 0 Å². The molecule has 2 aliphatic heterocycles. The summed E-state index contributed by atoms with van der Waals surface area (Å²) in [6, 6.07) is -0.376. The van der Waals surface area contributed by atoms with Crippen molar-refractivity contribution < 1.29 is 14.2 Å². The van der Waals surface area contributed by atoms with Crippen molar-refractivity contribution in [1.29, 1.82) is 0 Å². The van der Waals surface area contributed by atoms with E-state index in [0.717, 1.165) is 0 Å². The molecule has 0 radical (unpaired) electrons. The quantitative estimate of drug-likeness (QED) is 0.379. The van der Waals surface area contributed by atoms with E-state index in [1.165, 1.54) is 0 Å². The van der Waals surface area contributed by atoms with E-state index in [2.05, 4.69) is 10.0 Å². The lowest BCUT2D eigenvalue weighted by Crippen LogP contribution is -2.49. The van der Waals surface area contributed by atoms with Crippen molar-refractivity contribution >= 4 is 0 Å². The third-order valence-corrected chi connectivity index (χ3v) is 2.91. The minimum Gasteiger partial charge on any atom is -0.380 e. The molecule has 2 fully saturated rings. The lowest BCUT2D eigenvalue weighted by molar-refractivity contribution is -0.159. The molecular weight excluding hydrogens is 186 g/mol. The highest BCUT2D eigenvalue weighted by Gasteiger charge is 2.48. The largest absolute Gasteiger partial charge is 0.380 e. The maximum atomic E-state index is 8.44. The number of hydrogen-bond donors (Lipinski definition) is 0. The molecule has 0 aromatic carbocycles. The van der Waals surface area contributed by atoms with Crippen LogP contribution in [0.15, 0.2) is 5.11 Å². The highest BCUT2D eigenvalue weighted by Crippen LogP contribution is 2.35. The average molecular weight is 199 g/mol. The number of methoxy groups -OCH3 is 1. The van der Waals surface area contributed by atoms with Crippen molar-refractivity contribution in [3.63, 3.8) is 0 Å². The molecule has 2 bridgehead atoms. The Hall–Kier alpha value is -0.810. The van der Waals surface area contributed by atoms with Crippen LogP contribution in [0.25, 0.3) is 10.4 Å². The Kier molecular flexibility index (Phi) is 2.60. The molecule has 6 nitrogen and oxygen atoms in total.